The predicted molar refractivity (Wildman–Crippen MR) is 75.6 cm³/mol. The Balaban J connectivity index is 3.01. The van der Waals surface area contributed by atoms with Crippen LogP contribution in [0.25, 0.3) is 0 Å². The number of anilines is 1. The number of hydrogen-bond acceptors (Lipinski definition) is 4. The highest BCUT2D eigenvalue weighted by Crippen LogP contribution is 2.27. The fourth-order valence-corrected chi connectivity index (χ4v) is 1.75. The van der Waals surface area contributed by atoms with E-state index in [4.69, 9.17) is 15.2 Å². The number of rotatable bonds is 7. The second-order valence-electron chi connectivity index (χ2n) is 4.73. The molecule has 19 heavy (non-hydrogen) atoms. The molecule has 1 aromatic carbocycles. The van der Waals surface area contributed by atoms with Gasteiger partial charge >= 0.3 is 0 Å². The van der Waals surface area contributed by atoms with Crippen LogP contribution in [-0.4, -0.2) is 32.8 Å². The van der Waals surface area contributed by atoms with Crippen molar-refractivity contribution in [2.45, 2.75) is 19.9 Å². The molecule has 1 amide bonds. The molecular formula is C14H22N2O3. The summed E-state index contributed by atoms with van der Waals surface area (Å²) >= 11 is 0. The third-order valence-corrected chi connectivity index (χ3v) is 2.98. The molecule has 5 heteroatoms. The Morgan fingerprint density at radius 1 is 1.37 bits per heavy atom. The van der Waals surface area contributed by atoms with Crippen molar-refractivity contribution in [1.29, 1.82) is 0 Å². The number of hydrogen-bond donors (Lipinski definition) is 2. The fraction of sp³-hybridized carbons (Fsp3) is 0.500. The second kappa shape index (κ2) is 6.99. The highest BCUT2D eigenvalue weighted by molar-refractivity contribution is 5.94. The number of carbonyl (C=O) groups is 1. The van der Waals surface area contributed by atoms with Crippen LogP contribution in [0.3, 0.4) is 0 Å². The van der Waals surface area contributed by atoms with Crippen LogP contribution < -0.4 is 15.8 Å². The van der Waals surface area contributed by atoms with E-state index in [-0.39, 0.29) is 6.04 Å². The van der Waals surface area contributed by atoms with Crippen LogP contribution in [0, 0.1) is 5.92 Å². The third kappa shape index (κ3) is 4.13. The molecule has 3 N–H and O–H groups in total. The number of ether oxygens (including phenoxy) is 2. The van der Waals surface area contributed by atoms with Crippen LogP contribution in [0.1, 0.15) is 24.2 Å². The Labute approximate surface area is 114 Å². The van der Waals surface area contributed by atoms with Crippen LogP contribution in [0.4, 0.5) is 5.69 Å². The predicted octanol–water partition coefficient (Wildman–Crippen LogP) is 1.88. The standard InChI is InChI=1S/C14H22N2O3/c1-9(2)12(8-18-3)16-11-7-10(14(15)17)5-6-13(11)19-4/h5-7,9,12,16H,8H2,1-4H3,(H2,15,17). The molecule has 0 aliphatic carbocycles. The summed E-state index contributed by atoms with van der Waals surface area (Å²) in [5.41, 5.74) is 6.48. The van der Waals surface area contributed by atoms with Gasteiger partial charge in [0.25, 0.3) is 0 Å². The number of primary amides is 1. The van der Waals surface area contributed by atoms with Gasteiger partial charge in [-0.3, -0.25) is 4.79 Å². The number of carbonyl (C=O) groups excluding carboxylic acids is 1. The zero-order valence-corrected chi connectivity index (χ0v) is 11.9. The summed E-state index contributed by atoms with van der Waals surface area (Å²) in [6.07, 6.45) is 0. The summed E-state index contributed by atoms with van der Waals surface area (Å²) in [6, 6.07) is 5.20. The van der Waals surface area contributed by atoms with E-state index in [9.17, 15) is 4.79 Å². The fourth-order valence-electron chi connectivity index (χ4n) is 1.75. The van der Waals surface area contributed by atoms with Crippen molar-refractivity contribution in [1.82, 2.24) is 0 Å². The average molecular weight is 266 g/mol. The maximum atomic E-state index is 11.2. The molecule has 1 unspecified atom stereocenters. The van der Waals surface area contributed by atoms with Crippen molar-refractivity contribution >= 4 is 11.6 Å². The van der Waals surface area contributed by atoms with E-state index in [1.54, 1.807) is 32.4 Å². The smallest absolute Gasteiger partial charge is 0.248 e. The van der Waals surface area contributed by atoms with Gasteiger partial charge in [0.15, 0.2) is 0 Å². The van der Waals surface area contributed by atoms with Gasteiger partial charge in [0.2, 0.25) is 5.91 Å². The minimum atomic E-state index is -0.460. The second-order valence-corrected chi connectivity index (χ2v) is 4.73. The first-order valence-electron chi connectivity index (χ1n) is 6.23. The summed E-state index contributed by atoms with van der Waals surface area (Å²) in [4.78, 5) is 11.2. The van der Waals surface area contributed by atoms with Crippen LogP contribution >= 0.6 is 0 Å². The van der Waals surface area contributed by atoms with Crippen molar-refractivity contribution in [2.24, 2.45) is 11.7 Å². The third-order valence-electron chi connectivity index (χ3n) is 2.98. The lowest BCUT2D eigenvalue weighted by atomic mass is 10.0. The maximum absolute atomic E-state index is 11.2. The Hall–Kier alpha value is -1.75. The van der Waals surface area contributed by atoms with E-state index in [0.29, 0.717) is 23.8 Å². The molecular weight excluding hydrogens is 244 g/mol. The number of methoxy groups -OCH3 is 2. The number of benzene rings is 1. The number of amides is 1. The Morgan fingerprint density at radius 3 is 2.53 bits per heavy atom. The van der Waals surface area contributed by atoms with Gasteiger partial charge in [-0.25, -0.2) is 0 Å². The molecule has 0 fully saturated rings. The highest BCUT2D eigenvalue weighted by Gasteiger charge is 2.16. The van der Waals surface area contributed by atoms with Crippen molar-refractivity contribution < 1.29 is 14.3 Å². The van der Waals surface area contributed by atoms with Crippen LogP contribution in [-0.2, 0) is 4.74 Å². The molecule has 0 spiro atoms. The Bertz CT molecular complexity index is 433. The van der Waals surface area contributed by atoms with E-state index >= 15 is 0 Å². The van der Waals surface area contributed by atoms with Crippen molar-refractivity contribution in [3.05, 3.63) is 23.8 Å². The van der Waals surface area contributed by atoms with Crippen LogP contribution in [0.15, 0.2) is 18.2 Å². The lowest BCUT2D eigenvalue weighted by molar-refractivity contribution is 0.100. The first-order valence-corrected chi connectivity index (χ1v) is 6.23. The quantitative estimate of drug-likeness (QED) is 0.790. The SMILES string of the molecule is COCC(Nc1cc(C(N)=O)ccc1OC)C(C)C. The molecule has 0 saturated carbocycles. The lowest BCUT2D eigenvalue weighted by Crippen LogP contribution is -2.30. The van der Waals surface area contributed by atoms with Gasteiger partial charge < -0.3 is 20.5 Å². The summed E-state index contributed by atoms with van der Waals surface area (Å²) in [5.74, 6) is 0.590. The summed E-state index contributed by atoms with van der Waals surface area (Å²) in [7, 11) is 3.25. The zero-order chi connectivity index (χ0) is 14.4. The minimum absolute atomic E-state index is 0.127. The van der Waals surface area contributed by atoms with Gasteiger partial charge in [0, 0.05) is 12.7 Å². The molecule has 0 heterocycles. The van der Waals surface area contributed by atoms with Crippen molar-refractivity contribution in [2.75, 3.05) is 26.1 Å². The molecule has 0 aliphatic heterocycles. The highest BCUT2D eigenvalue weighted by atomic mass is 16.5. The van der Waals surface area contributed by atoms with Gasteiger partial charge in [-0.2, -0.15) is 0 Å². The minimum Gasteiger partial charge on any atom is -0.495 e. The molecule has 106 valence electrons. The van der Waals surface area contributed by atoms with Gasteiger partial charge in [0.1, 0.15) is 5.75 Å². The maximum Gasteiger partial charge on any atom is 0.248 e. The van der Waals surface area contributed by atoms with Gasteiger partial charge in [-0.15, -0.1) is 0 Å². The first kappa shape index (κ1) is 15.3. The van der Waals surface area contributed by atoms with Crippen molar-refractivity contribution in [3.63, 3.8) is 0 Å². The molecule has 1 aromatic rings. The molecule has 0 aromatic heterocycles. The van der Waals surface area contributed by atoms with Gasteiger partial charge in [-0.05, 0) is 24.1 Å². The Morgan fingerprint density at radius 2 is 2.05 bits per heavy atom. The zero-order valence-electron chi connectivity index (χ0n) is 11.9. The molecule has 0 aliphatic rings. The van der Waals surface area contributed by atoms with E-state index < -0.39 is 5.91 Å². The molecule has 0 radical (unpaired) electrons. The number of nitrogens with one attached hydrogen (secondary N) is 1. The molecule has 1 rings (SSSR count). The van der Waals surface area contributed by atoms with E-state index in [1.807, 2.05) is 0 Å². The topological polar surface area (TPSA) is 73.6 Å². The normalized spacial score (nSPS) is 12.3. The molecule has 1 atom stereocenters. The first-order chi connectivity index (χ1) is 8.99. The Kier molecular flexibility index (Phi) is 5.63. The van der Waals surface area contributed by atoms with Crippen LogP contribution in [0.5, 0.6) is 5.75 Å². The van der Waals surface area contributed by atoms with Crippen molar-refractivity contribution in [3.8, 4) is 5.75 Å². The van der Waals surface area contributed by atoms with Gasteiger partial charge in [-0.1, -0.05) is 13.8 Å². The molecule has 0 bridgehead atoms. The average Bonchev–Trinajstić information content (AvgIpc) is 2.37. The van der Waals surface area contributed by atoms with Crippen LogP contribution in [0.2, 0.25) is 0 Å². The van der Waals surface area contributed by atoms with Gasteiger partial charge in [0.05, 0.1) is 25.4 Å². The summed E-state index contributed by atoms with van der Waals surface area (Å²) in [5, 5.41) is 3.34. The largest absolute Gasteiger partial charge is 0.495 e. The summed E-state index contributed by atoms with van der Waals surface area (Å²) < 4.78 is 10.5. The van der Waals surface area contributed by atoms with E-state index in [0.717, 1.165) is 5.69 Å². The summed E-state index contributed by atoms with van der Waals surface area (Å²) in [6.45, 7) is 4.77. The van der Waals surface area contributed by atoms with E-state index in [1.165, 1.54) is 0 Å². The molecule has 5 nitrogen and oxygen atoms in total. The van der Waals surface area contributed by atoms with E-state index in [2.05, 4.69) is 19.2 Å². The monoisotopic (exact) mass is 266 g/mol. The lowest BCUT2D eigenvalue weighted by Gasteiger charge is -2.24. The molecule has 0 saturated heterocycles. The number of nitrogens with two attached hydrogens (primary N) is 1.